The van der Waals surface area contributed by atoms with Gasteiger partial charge in [-0.2, -0.15) is 0 Å². The molecule has 0 fully saturated rings. The Kier molecular flexibility index (Phi) is 4.11. The zero-order valence-electron chi connectivity index (χ0n) is 11.8. The number of hydrogen-bond donors (Lipinski definition) is 1. The molecule has 0 spiro atoms. The van der Waals surface area contributed by atoms with Crippen molar-refractivity contribution in [3.63, 3.8) is 0 Å². The fraction of sp³-hybridized carbons (Fsp3) is 0.462. The van der Waals surface area contributed by atoms with Gasteiger partial charge in [0.1, 0.15) is 18.2 Å². The number of rotatable bonds is 5. The zero-order valence-corrected chi connectivity index (χ0v) is 11.8. The Bertz CT molecular complexity index is 564. The summed E-state index contributed by atoms with van der Waals surface area (Å²) >= 11 is 0. The van der Waals surface area contributed by atoms with Crippen molar-refractivity contribution in [3.8, 4) is 5.75 Å². The maximum Gasteiger partial charge on any atom is 0.170 e. The molecule has 0 saturated heterocycles. The van der Waals surface area contributed by atoms with Crippen LogP contribution in [0.1, 0.15) is 23.0 Å². The summed E-state index contributed by atoms with van der Waals surface area (Å²) in [6.45, 7) is 4.94. The van der Waals surface area contributed by atoms with E-state index in [2.05, 4.69) is 20.5 Å². The van der Waals surface area contributed by atoms with Crippen LogP contribution in [0, 0.1) is 13.8 Å². The number of hydrogen-bond acceptors (Lipinski definition) is 5. The van der Waals surface area contributed by atoms with Crippen LogP contribution < -0.4 is 10.1 Å². The summed E-state index contributed by atoms with van der Waals surface area (Å²) in [7, 11) is 3.82. The predicted octanol–water partition coefficient (Wildman–Crippen LogP) is 1.13. The van der Waals surface area contributed by atoms with Crippen molar-refractivity contribution in [2.75, 3.05) is 7.05 Å². The third-order valence-corrected chi connectivity index (χ3v) is 2.96. The van der Waals surface area contributed by atoms with E-state index in [0.717, 1.165) is 28.8 Å². The molecular weight excluding hydrogens is 242 g/mol. The summed E-state index contributed by atoms with van der Waals surface area (Å²) in [4.78, 5) is 4.47. The van der Waals surface area contributed by atoms with Gasteiger partial charge < -0.3 is 14.6 Å². The molecule has 19 heavy (non-hydrogen) atoms. The monoisotopic (exact) mass is 261 g/mol. The maximum atomic E-state index is 5.80. The van der Waals surface area contributed by atoms with Crippen molar-refractivity contribution in [2.45, 2.75) is 27.0 Å². The van der Waals surface area contributed by atoms with Crippen molar-refractivity contribution in [3.05, 3.63) is 35.2 Å². The van der Waals surface area contributed by atoms with Gasteiger partial charge in [0, 0.05) is 19.3 Å². The zero-order chi connectivity index (χ0) is 13.8. The Labute approximate surface area is 112 Å². The topological polar surface area (TPSA) is 64.9 Å². The molecule has 0 saturated carbocycles. The van der Waals surface area contributed by atoms with Crippen LogP contribution in [-0.2, 0) is 20.2 Å². The fourth-order valence-electron chi connectivity index (χ4n) is 1.74. The minimum Gasteiger partial charge on any atom is -0.484 e. The van der Waals surface area contributed by atoms with Gasteiger partial charge >= 0.3 is 0 Å². The summed E-state index contributed by atoms with van der Waals surface area (Å²) in [6.07, 6.45) is 0. The first-order chi connectivity index (χ1) is 9.11. The Hall–Kier alpha value is -1.95. The van der Waals surface area contributed by atoms with Gasteiger partial charge in [0.15, 0.2) is 5.82 Å². The molecule has 0 bridgehead atoms. The number of nitrogens with zero attached hydrogens (tertiary/aromatic N) is 4. The van der Waals surface area contributed by atoms with Crippen LogP contribution in [0.4, 0.5) is 0 Å². The van der Waals surface area contributed by atoms with E-state index < -0.39 is 0 Å². The van der Waals surface area contributed by atoms with E-state index in [1.165, 1.54) is 0 Å². The smallest absolute Gasteiger partial charge is 0.170 e. The highest BCUT2D eigenvalue weighted by Gasteiger charge is 2.09. The minimum absolute atomic E-state index is 0.388. The molecule has 2 aromatic rings. The van der Waals surface area contributed by atoms with Crippen LogP contribution in [0.3, 0.4) is 0 Å². The summed E-state index contributed by atoms with van der Waals surface area (Å²) in [6, 6.07) is 3.88. The van der Waals surface area contributed by atoms with Crippen molar-refractivity contribution in [2.24, 2.45) is 7.05 Å². The summed E-state index contributed by atoms with van der Waals surface area (Å²) in [5.41, 5.74) is 1.88. The summed E-state index contributed by atoms with van der Waals surface area (Å²) < 4.78 is 7.72. The molecule has 0 aliphatic carbocycles. The molecule has 0 aromatic carbocycles. The van der Waals surface area contributed by atoms with E-state index >= 15 is 0 Å². The number of ether oxygens (including phenoxy) is 1. The van der Waals surface area contributed by atoms with E-state index in [0.29, 0.717) is 13.2 Å². The second-order valence-electron chi connectivity index (χ2n) is 4.44. The first kappa shape index (κ1) is 13.5. The van der Waals surface area contributed by atoms with Gasteiger partial charge in [-0.05, 0) is 33.0 Å². The van der Waals surface area contributed by atoms with Gasteiger partial charge in [0.25, 0.3) is 0 Å². The van der Waals surface area contributed by atoms with Crippen molar-refractivity contribution < 1.29 is 4.74 Å². The number of pyridine rings is 1. The summed E-state index contributed by atoms with van der Waals surface area (Å²) in [5.74, 6) is 2.45. The lowest BCUT2D eigenvalue weighted by Gasteiger charge is -2.11. The Balaban J connectivity index is 2.12. The molecule has 1 N–H and O–H groups in total. The lowest BCUT2D eigenvalue weighted by atomic mass is 10.3. The third kappa shape index (κ3) is 3.08. The first-order valence-electron chi connectivity index (χ1n) is 6.20. The minimum atomic E-state index is 0.388. The second-order valence-corrected chi connectivity index (χ2v) is 4.44. The molecule has 0 radical (unpaired) electrons. The van der Waals surface area contributed by atoms with Crippen LogP contribution in [0.2, 0.25) is 0 Å². The molecule has 2 rings (SSSR count). The quantitative estimate of drug-likeness (QED) is 0.874. The van der Waals surface area contributed by atoms with Crippen molar-refractivity contribution >= 4 is 0 Å². The molecule has 0 atom stereocenters. The average Bonchev–Trinajstić information content (AvgIpc) is 2.70. The highest BCUT2D eigenvalue weighted by atomic mass is 16.5. The van der Waals surface area contributed by atoms with E-state index in [1.807, 2.05) is 44.6 Å². The number of aryl methyl sites for hydroxylation is 2. The predicted molar refractivity (Wildman–Crippen MR) is 71.8 cm³/mol. The van der Waals surface area contributed by atoms with Crippen LogP contribution >= 0.6 is 0 Å². The molecule has 0 unspecified atom stereocenters. The molecular formula is C13H19N5O. The van der Waals surface area contributed by atoms with Crippen molar-refractivity contribution in [1.82, 2.24) is 25.1 Å². The molecule has 6 heteroatoms. The molecule has 0 amide bonds. The van der Waals surface area contributed by atoms with E-state index in [1.54, 1.807) is 0 Å². The van der Waals surface area contributed by atoms with Gasteiger partial charge in [-0.25, -0.2) is 0 Å². The van der Waals surface area contributed by atoms with Gasteiger partial charge in [-0.15, -0.1) is 10.2 Å². The number of nitrogens with one attached hydrogen (secondary N) is 1. The molecule has 2 aromatic heterocycles. The highest BCUT2D eigenvalue weighted by molar-refractivity contribution is 5.29. The molecule has 0 aliphatic heterocycles. The normalized spacial score (nSPS) is 10.7. The van der Waals surface area contributed by atoms with Gasteiger partial charge in [-0.1, -0.05) is 0 Å². The number of aromatic nitrogens is 4. The van der Waals surface area contributed by atoms with E-state index in [-0.39, 0.29) is 0 Å². The lowest BCUT2D eigenvalue weighted by Crippen LogP contribution is -2.11. The summed E-state index contributed by atoms with van der Waals surface area (Å²) in [5, 5.41) is 11.2. The second kappa shape index (κ2) is 5.79. The molecule has 2 heterocycles. The Morgan fingerprint density at radius 1 is 1.26 bits per heavy atom. The van der Waals surface area contributed by atoms with E-state index in [9.17, 15) is 0 Å². The van der Waals surface area contributed by atoms with E-state index in [4.69, 9.17) is 4.74 Å². The SMILES string of the molecule is CNCc1nc(C)ccc1OCc1nnc(C)n1C. The third-order valence-electron chi connectivity index (χ3n) is 2.96. The van der Waals surface area contributed by atoms with Crippen LogP contribution in [0.25, 0.3) is 0 Å². The Morgan fingerprint density at radius 2 is 2.05 bits per heavy atom. The standard InChI is InChI=1S/C13H19N5O/c1-9-5-6-12(11(15-9)7-14-3)19-8-13-17-16-10(2)18(13)4/h5-6,14H,7-8H2,1-4H3. The molecule has 0 aliphatic rings. The van der Waals surface area contributed by atoms with Gasteiger partial charge in [0.2, 0.25) is 0 Å². The van der Waals surface area contributed by atoms with Crippen LogP contribution in [-0.4, -0.2) is 26.8 Å². The van der Waals surface area contributed by atoms with Gasteiger partial charge in [-0.3, -0.25) is 4.98 Å². The first-order valence-corrected chi connectivity index (χ1v) is 6.20. The maximum absolute atomic E-state index is 5.80. The lowest BCUT2D eigenvalue weighted by molar-refractivity contribution is 0.285. The average molecular weight is 261 g/mol. The van der Waals surface area contributed by atoms with Crippen LogP contribution in [0.15, 0.2) is 12.1 Å². The highest BCUT2D eigenvalue weighted by Crippen LogP contribution is 2.18. The molecule has 6 nitrogen and oxygen atoms in total. The van der Waals surface area contributed by atoms with Crippen molar-refractivity contribution in [1.29, 1.82) is 0 Å². The largest absolute Gasteiger partial charge is 0.484 e. The molecule has 102 valence electrons. The van der Waals surface area contributed by atoms with Gasteiger partial charge in [0.05, 0.1) is 5.69 Å². The van der Waals surface area contributed by atoms with Crippen LogP contribution in [0.5, 0.6) is 5.75 Å². The fourth-order valence-corrected chi connectivity index (χ4v) is 1.74. The Morgan fingerprint density at radius 3 is 2.68 bits per heavy atom.